The van der Waals surface area contributed by atoms with Crippen LogP contribution in [0.1, 0.15) is 40.5 Å². The Kier molecular flexibility index (Phi) is 6.32. The van der Waals surface area contributed by atoms with Gasteiger partial charge in [0.15, 0.2) is 0 Å². The third kappa shape index (κ3) is 4.93. The molecule has 0 aliphatic heterocycles. The standard InChI is InChI=1S/C12H22IO4P/c1-5-15-18(14,16-6-2)17-11-7-8-12(3,4)9-10(11)13/h9,11H,5-8H2,1-4H3/t11-/m1/s1. The Morgan fingerprint density at radius 1 is 1.39 bits per heavy atom. The van der Waals surface area contributed by atoms with Crippen molar-refractivity contribution >= 4 is 30.4 Å². The molecule has 0 radical (unpaired) electrons. The van der Waals surface area contributed by atoms with E-state index in [4.69, 9.17) is 13.6 Å². The minimum atomic E-state index is -3.41. The fourth-order valence-corrected chi connectivity index (χ4v) is 4.69. The smallest absolute Gasteiger partial charge is 0.287 e. The number of allylic oxidation sites excluding steroid dienone is 1. The summed E-state index contributed by atoms with van der Waals surface area (Å²) in [4.78, 5) is 0. The lowest BCUT2D eigenvalue weighted by Gasteiger charge is -2.32. The van der Waals surface area contributed by atoms with Crippen LogP contribution in [0.15, 0.2) is 9.66 Å². The second-order valence-electron chi connectivity index (χ2n) is 4.93. The highest BCUT2D eigenvalue weighted by molar-refractivity contribution is 14.1. The molecule has 0 saturated carbocycles. The van der Waals surface area contributed by atoms with Crippen molar-refractivity contribution in [2.24, 2.45) is 5.41 Å². The molecule has 0 heterocycles. The average molecular weight is 388 g/mol. The first-order chi connectivity index (χ1) is 8.32. The predicted octanol–water partition coefficient (Wildman–Crippen LogP) is 4.69. The topological polar surface area (TPSA) is 44.8 Å². The molecule has 0 aromatic heterocycles. The molecule has 1 aliphatic carbocycles. The normalized spacial score (nSPS) is 23.8. The summed E-state index contributed by atoms with van der Waals surface area (Å²) in [5.74, 6) is 0. The zero-order valence-electron chi connectivity index (χ0n) is 11.4. The van der Waals surface area contributed by atoms with Gasteiger partial charge in [-0.05, 0) is 54.7 Å². The van der Waals surface area contributed by atoms with Crippen molar-refractivity contribution in [2.75, 3.05) is 13.2 Å². The fourth-order valence-electron chi connectivity index (χ4n) is 1.85. The highest BCUT2D eigenvalue weighted by atomic mass is 127. The molecular weight excluding hydrogens is 366 g/mol. The van der Waals surface area contributed by atoms with Crippen LogP contribution < -0.4 is 0 Å². The zero-order valence-corrected chi connectivity index (χ0v) is 14.5. The van der Waals surface area contributed by atoms with Crippen LogP contribution >= 0.6 is 30.4 Å². The number of phosphoric ester groups is 1. The molecule has 0 fully saturated rings. The van der Waals surface area contributed by atoms with E-state index in [1.165, 1.54) is 0 Å². The molecule has 0 amide bonds. The van der Waals surface area contributed by atoms with Gasteiger partial charge in [0.1, 0.15) is 0 Å². The van der Waals surface area contributed by atoms with E-state index in [-0.39, 0.29) is 11.5 Å². The lowest BCUT2D eigenvalue weighted by molar-refractivity contribution is 0.0891. The SMILES string of the molecule is CCOP(=O)(OCC)O[C@@H]1CCC(C)(C)C=C1I. The third-order valence-corrected chi connectivity index (χ3v) is 5.39. The second-order valence-corrected chi connectivity index (χ2v) is 7.80. The lowest BCUT2D eigenvalue weighted by atomic mass is 9.82. The van der Waals surface area contributed by atoms with Crippen molar-refractivity contribution < 1.29 is 18.1 Å². The molecule has 106 valence electrons. The van der Waals surface area contributed by atoms with Gasteiger partial charge in [0.05, 0.1) is 19.3 Å². The van der Waals surface area contributed by atoms with Gasteiger partial charge in [-0.25, -0.2) is 4.57 Å². The quantitative estimate of drug-likeness (QED) is 0.489. The van der Waals surface area contributed by atoms with E-state index < -0.39 is 7.82 Å². The summed E-state index contributed by atoms with van der Waals surface area (Å²) in [6.45, 7) is 8.56. The molecule has 0 unspecified atom stereocenters. The van der Waals surface area contributed by atoms with Crippen LogP contribution in [0.25, 0.3) is 0 Å². The Morgan fingerprint density at radius 2 is 1.94 bits per heavy atom. The van der Waals surface area contributed by atoms with E-state index in [1.807, 2.05) is 0 Å². The molecule has 4 nitrogen and oxygen atoms in total. The predicted molar refractivity (Wildman–Crippen MR) is 80.8 cm³/mol. The van der Waals surface area contributed by atoms with Crippen molar-refractivity contribution in [1.82, 2.24) is 0 Å². The summed E-state index contributed by atoms with van der Waals surface area (Å²) >= 11 is 2.24. The van der Waals surface area contributed by atoms with Crippen molar-refractivity contribution in [2.45, 2.75) is 46.6 Å². The Bertz CT molecular complexity index is 344. The summed E-state index contributed by atoms with van der Waals surface area (Å²) in [6.07, 6.45) is 3.83. The largest absolute Gasteiger partial charge is 0.475 e. The molecule has 0 aromatic rings. The van der Waals surface area contributed by atoms with Crippen LogP contribution in [0.3, 0.4) is 0 Å². The van der Waals surface area contributed by atoms with Crippen molar-refractivity contribution in [3.63, 3.8) is 0 Å². The first kappa shape index (κ1) is 16.6. The van der Waals surface area contributed by atoms with Crippen molar-refractivity contribution in [1.29, 1.82) is 0 Å². The Hall–Kier alpha value is 0.580. The molecule has 1 aliphatic rings. The van der Waals surface area contributed by atoms with E-state index >= 15 is 0 Å². The van der Waals surface area contributed by atoms with Gasteiger partial charge >= 0.3 is 7.82 Å². The minimum absolute atomic E-state index is 0.178. The van der Waals surface area contributed by atoms with Crippen molar-refractivity contribution in [3.8, 4) is 0 Å². The monoisotopic (exact) mass is 388 g/mol. The fraction of sp³-hybridized carbons (Fsp3) is 0.833. The maximum Gasteiger partial charge on any atom is 0.475 e. The van der Waals surface area contributed by atoms with E-state index in [9.17, 15) is 4.57 Å². The van der Waals surface area contributed by atoms with Crippen LogP contribution in [0.4, 0.5) is 0 Å². The Labute approximate surface area is 123 Å². The van der Waals surface area contributed by atoms with E-state index in [0.29, 0.717) is 13.2 Å². The second kappa shape index (κ2) is 6.84. The zero-order chi connectivity index (χ0) is 13.8. The summed E-state index contributed by atoms with van der Waals surface area (Å²) in [5, 5.41) is 0. The maximum atomic E-state index is 12.3. The van der Waals surface area contributed by atoms with Crippen LogP contribution in [0.5, 0.6) is 0 Å². The van der Waals surface area contributed by atoms with E-state index in [0.717, 1.165) is 16.4 Å². The molecule has 0 N–H and O–H groups in total. The number of hydrogen-bond donors (Lipinski definition) is 0. The van der Waals surface area contributed by atoms with Gasteiger partial charge < -0.3 is 0 Å². The highest BCUT2D eigenvalue weighted by Gasteiger charge is 2.35. The minimum Gasteiger partial charge on any atom is -0.287 e. The Morgan fingerprint density at radius 3 is 2.39 bits per heavy atom. The van der Waals surface area contributed by atoms with Gasteiger partial charge in [-0.1, -0.05) is 19.9 Å². The summed E-state index contributed by atoms with van der Waals surface area (Å²) in [5.41, 5.74) is 0.178. The molecule has 0 bridgehead atoms. The van der Waals surface area contributed by atoms with Gasteiger partial charge in [-0.2, -0.15) is 0 Å². The average Bonchev–Trinajstić information content (AvgIpc) is 2.22. The van der Waals surface area contributed by atoms with Gasteiger partial charge in [0.2, 0.25) is 0 Å². The van der Waals surface area contributed by atoms with E-state index in [2.05, 4.69) is 42.5 Å². The molecule has 1 atom stereocenters. The molecular formula is C12H22IO4P. The number of rotatable bonds is 6. The number of phosphoric acid groups is 1. The summed E-state index contributed by atoms with van der Waals surface area (Å²) in [6, 6.07) is 0. The van der Waals surface area contributed by atoms with Gasteiger partial charge in [0, 0.05) is 3.58 Å². The first-order valence-electron chi connectivity index (χ1n) is 6.27. The molecule has 0 saturated heterocycles. The maximum absolute atomic E-state index is 12.3. The highest BCUT2D eigenvalue weighted by Crippen LogP contribution is 2.53. The van der Waals surface area contributed by atoms with Crippen LogP contribution in [0, 0.1) is 5.41 Å². The third-order valence-electron chi connectivity index (χ3n) is 2.72. The van der Waals surface area contributed by atoms with Crippen molar-refractivity contribution in [3.05, 3.63) is 9.66 Å². The Balaban J connectivity index is 2.74. The number of halogens is 1. The van der Waals surface area contributed by atoms with E-state index in [1.54, 1.807) is 13.8 Å². The van der Waals surface area contributed by atoms with Gasteiger partial charge in [0.25, 0.3) is 0 Å². The van der Waals surface area contributed by atoms with Gasteiger partial charge in [-0.15, -0.1) is 0 Å². The first-order valence-corrected chi connectivity index (χ1v) is 8.81. The summed E-state index contributed by atoms with van der Waals surface area (Å²) < 4.78 is 29.3. The molecule has 0 aromatic carbocycles. The van der Waals surface area contributed by atoms with Crippen LogP contribution in [0.2, 0.25) is 0 Å². The molecule has 1 rings (SSSR count). The van der Waals surface area contributed by atoms with Crippen LogP contribution in [-0.4, -0.2) is 19.3 Å². The summed E-state index contributed by atoms with van der Waals surface area (Å²) in [7, 11) is -3.41. The number of hydrogen-bond acceptors (Lipinski definition) is 4. The molecule has 0 spiro atoms. The lowest BCUT2D eigenvalue weighted by Crippen LogP contribution is -2.23. The molecule has 6 heteroatoms. The molecule has 18 heavy (non-hydrogen) atoms. The van der Waals surface area contributed by atoms with Gasteiger partial charge in [-0.3, -0.25) is 13.6 Å². The van der Waals surface area contributed by atoms with Crippen LogP contribution in [-0.2, 0) is 18.1 Å².